The summed E-state index contributed by atoms with van der Waals surface area (Å²) < 4.78 is 13.9. The smallest absolute Gasteiger partial charge is 0.141 e. The van der Waals surface area contributed by atoms with Gasteiger partial charge in [-0.05, 0) is 61.2 Å². The minimum absolute atomic E-state index is 0.00436. The standard InChI is InChI=1S/C25H24FNO3S2/c26-17-11-9-16(10-12-17)21(29)7-4-8-23-24(20-14-13-19(28)15-22(20)30)27(25(31)32-23)18-5-2-1-3-6-18/h1-3,5-6,9-15,21,23-24,28-30H,4,7-8H2/t21?,23-,24-/m1/s1. The molecular formula is C25H24FNO3S2. The number of hydrogen-bond acceptors (Lipinski definition) is 5. The number of hydrogen-bond donors (Lipinski definition) is 3. The zero-order valence-electron chi connectivity index (χ0n) is 17.3. The Labute approximate surface area is 196 Å². The molecule has 4 rings (SSSR count). The van der Waals surface area contributed by atoms with Gasteiger partial charge in [0.25, 0.3) is 0 Å². The lowest BCUT2D eigenvalue weighted by molar-refractivity contribution is 0.163. The fourth-order valence-corrected chi connectivity index (χ4v) is 5.95. The molecule has 3 aromatic carbocycles. The Balaban J connectivity index is 1.54. The molecule has 1 unspecified atom stereocenters. The topological polar surface area (TPSA) is 63.9 Å². The minimum atomic E-state index is -0.667. The number of rotatable bonds is 7. The Morgan fingerprint density at radius 1 is 1.00 bits per heavy atom. The van der Waals surface area contributed by atoms with Crippen molar-refractivity contribution in [3.63, 3.8) is 0 Å². The van der Waals surface area contributed by atoms with Gasteiger partial charge in [-0.2, -0.15) is 0 Å². The van der Waals surface area contributed by atoms with Gasteiger partial charge >= 0.3 is 0 Å². The average Bonchev–Trinajstić information content (AvgIpc) is 3.10. The lowest BCUT2D eigenvalue weighted by Crippen LogP contribution is -2.29. The molecule has 0 saturated carbocycles. The van der Waals surface area contributed by atoms with Crippen molar-refractivity contribution < 1.29 is 19.7 Å². The molecule has 0 spiro atoms. The predicted octanol–water partition coefficient (Wildman–Crippen LogP) is 6.09. The van der Waals surface area contributed by atoms with Crippen molar-refractivity contribution in [2.24, 2.45) is 0 Å². The molecule has 4 nitrogen and oxygen atoms in total. The molecule has 32 heavy (non-hydrogen) atoms. The first kappa shape index (κ1) is 22.6. The molecule has 1 aliphatic rings. The zero-order chi connectivity index (χ0) is 22.7. The van der Waals surface area contributed by atoms with Gasteiger partial charge in [-0.25, -0.2) is 4.39 Å². The van der Waals surface area contributed by atoms with Crippen LogP contribution in [0.15, 0.2) is 72.8 Å². The van der Waals surface area contributed by atoms with E-state index >= 15 is 0 Å². The normalized spacial score (nSPS) is 19.3. The number of aliphatic hydroxyl groups excluding tert-OH is 1. The molecule has 0 radical (unpaired) electrons. The molecular weight excluding hydrogens is 445 g/mol. The Bertz CT molecular complexity index is 1080. The van der Waals surface area contributed by atoms with E-state index in [1.54, 1.807) is 36.0 Å². The van der Waals surface area contributed by atoms with Gasteiger partial charge < -0.3 is 20.2 Å². The summed E-state index contributed by atoms with van der Waals surface area (Å²) in [6.45, 7) is 0. The monoisotopic (exact) mass is 469 g/mol. The largest absolute Gasteiger partial charge is 0.508 e. The molecule has 1 aliphatic heterocycles. The van der Waals surface area contributed by atoms with Gasteiger partial charge in [-0.15, -0.1) is 0 Å². The summed E-state index contributed by atoms with van der Waals surface area (Å²) in [5.41, 5.74) is 2.33. The Morgan fingerprint density at radius 2 is 1.72 bits per heavy atom. The highest BCUT2D eigenvalue weighted by Gasteiger charge is 2.41. The number of benzene rings is 3. The lowest BCUT2D eigenvalue weighted by atomic mass is 9.95. The van der Waals surface area contributed by atoms with E-state index in [9.17, 15) is 19.7 Å². The third-order valence-electron chi connectivity index (χ3n) is 5.67. The average molecular weight is 470 g/mol. The van der Waals surface area contributed by atoms with E-state index in [1.807, 2.05) is 35.2 Å². The highest BCUT2D eigenvalue weighted by molar-refractivity contribution is 8.24. The molecule has 1 fully saturated rings. The number of phenols is 2. The first-order valence-electron chi connectivity index (χ1n) is 10.4. The second-order valence-electron chi connectivity index (χ2n) is 7.81. The van der Waals surface area contributed by atoms with Crippen molar-refractivity contribution >= 4 is 34.0 Å². The summed E-state index contributed by atoms with van der Waals surface area (Å²) in [5.74, 6) is -0.295. The first-order valence-corrected chi connectivity index (χ1v) is 11.7. The molecule has 0 amide bonds. The summed E-state index contributed by atoms with van der Waals surface area (Å²) >= 11 is 7.30. The van der Waals surface area contributed by atoms with Crippen molar-refractivity contribution in [1.29, 1.82) is 0 Å². The van der Waals surface area contributed by atoms with Crippen LogP contribution in [0.3, 0.4) is 0 Å². The summed E-state index contributed by atoms with van der Waals surface area (Å²) in [4.78, 5) is 2.05. The van der Waals surface area contributed by atoms with Crippen molar-refractivity contribution in [1.82, 2.24) is 0 Å². The van der Waals surface area contributed by atoms with Crippen molar-refractivity contribution in [3.8, 4) is 11.5 Å². The maximum atomic E-state index is 13.1. The molecule has 3 atom stereocenters. The fourth-order valence-electron chi connectivity index (χ4n) is 4.09. The van der Waals surface area contributed by atoms with Crippen LogP contribution < -0.4 is 4.90 Å². The Hall–Kier alpha value is -2.61. The van der Waals surface area contributed by atoms with Crippen LogP contribution in [0.2, 0.25) is 0 Å². The molecule has 3 aromatic rings. The van der Waals surface area contributed by atoms with E-state index in [0.29, 0.717) is 17.5 Å². The number of aliphatic hydroxyl groups is 1. The minimum Gasteiger partial charge on any atom is -0.508 e. The van der Waals surface area contributed by atoms with Crippen LogP contribution in [0.1, 0.15) is 42.5 Å². The number of aromatic hydroxyl groups is 2. The SMILES string of the molecule is Oc1ccc([C@@H]2[C@@H](CCCC(O)c3ccc(F)cc3)SC(=S)N2c2ccccc2)c(O)c1. The predicted molar refractivity (Wildman–Crippen MR) is 131 cm³/mol. The van der Waals surface area contributed by atoms with E-state index < -0.39 is 6.10 Å². The molecule has 1 saturated heterocycles. The van der Waals surface area contributed by atoms with E-state index in [0.717, 1.165) is 22.8 Å². The number of halogens is 1. The maximum absolute atomic E-state index is 13.1. The van der Waals surface area contributed by atoms with Crippen LogP contribution in [0, 0.1) is 5.82 Å². The van der Waals surface area contributed by atoms with Gasteiger partial charge in [0.05, 0.1) is 12.1 Å². The first-order chi connectivity index (χ1) is 15.4. The van der Waals surface area contributed by atoms with Crippen LogP contribution in [0.5, 0.6) is 11.5 Å². The van der Waals surface area contributed by atoms with Gasteiger partial charge in [-0.3, -0.25) is 0 Å². The van der Waals surface area contributed by atoms with E-state index in [-0.39, 0.29) is 28.6 Å². The fraction of sp³-hybridized carbons (Fsp3) is 0.240. The van der Waals surface area contributed by atoms with Crippen LogP contribution in [-0.2, 0) is 0 Å². The molecule has 0 bridgehead atoms. The number of thioether (sulfide) groups is 1. The second-order valence-corrected chi connectivity index (χ2v) is 9.69. The van der Waals surface area contributed by atoms with Crippen molar-refractivity contribution in [2.45, 2.75) is 36.7 Å². The van der Waals surface area contributed by atoms with Gasteiger partial charge in [-0.1, -0.05) is 54.3 Å². The molecule has 7 heteroatoms. The number of anilines is 1. The van der Waals surface area contributed by atoms with Crippen LogP contribution in [0.25, 0.3) is 0 Å². The molecule has 3 N–H and O–H groups in total. The Kier molecular flexibility index (Phi) is 6.98. The quantitative estimate of drug-likeness (QED) is 0.364. The Morgan fingerprint density at radius 3 is 2.41 bits per heavy atom. The van der Waals surface area contributed by atoms with E-state index in [2.05, 4.69) is 0 Å². The summed E-state index contributed by atoms with van der Waals surface area (Å²) in [5, 5.41) is 30.9. The number of para-hydroxylation sites is 1. The van der Waals surface area contributed by atoms with Gasteiger partial charge in [0, 0.05) is 22.6 Å². The zero-order valence-corrected chi connectivity index (χ0v) is 18.9. The van der Waals surface area contributed by atoms with Gasteiger partial charge in [0.2, 0.25) is 0 Å². The number of thiocarbonyl (C=S) groups is 1. The van der Waals surface area contributed by atoms with Crippen molar-refractivity contribution in [3.05, 3.63) is 89.7 Å². The highest BCUT2D eigenvalue weighted by Crippen LogP contribution is 2.49. The number of nitrogens with zero attached hydrogens (tertiary/aromatic N) is 1. The summed E-state index contributed by atoms with van der Waals surface area (Å²) in [6.07, 6.45) is 1.36. The van der Waals surface area contributed by atoms with Gasteiger partial charge in [0.1, 0.15) is 21.6 Å². The maximum Gasteiger partial charge on any atom is 0.141 e. The van der Waals surface area contributed by atoms with Crippen LogP contribution in [0.4, 0.5) is 10.1 Å². The third kappa shape index (κ3) is 4.90. The summed E-state index contributed by atoms with van der Waals surface area (Å²) in [7, 11) is 0. The lowest BCUT2D eigenvalue weighted by Gasteiger charge is -2.29. The summed E-state index contributed by atoms with van der Waals surface area (Å²) in [6, 6.07) is 20.2. The molecule has 1 heterocycles. The van der Waals surface area contributed by atoms with Crippen LogP contribution >= 0.6 is 24.0 Å². The molecule has 166 valence electrons. The molecule has 0 aromatic heterocycles. The second kappa shape index (κ2) is 9.90. The number of phenolic OH excluding ortho intramolecular Hbond substituents is 2. The third-order valence-corrected chi connectivity index (χ3v) is 7.35. The van der Waals surface area contributed by atoms with E-state index in [1.165, 1.54) is 18.2 Å². The van der Waals surface area contributed by atoms with Crippen molar-refractivity contribution in [2.75, 3.05) is 4.90 Å². The molecule has 0 aliphatic carbocycles. The van der Waals surface area contributed by atoms with Gasteiger partial charge in [0.15, 0.2) is 0 Å². The highest BCUT2D eigenvalue weighted by atomic mass is 32.2. The van der Waals surface area contributed by atoms with Crippen LogP contribution in [-0.4, -0.2) is 24.9 Å². The van der Waals surface area contributed by atoms with E-state index in [4.69, 9.17) is 12.2 Å².